The van der Waals surface area contributed by atoms with Crippen molar-refractivity contribution in [3.05, 3.63) is 11.3 Å². The van der Waals surface area contributed by atoms with Gasteiger partial charge in [-0.3, -0.25) is 0 Å². The van der Waals surface area contributed by atoms with E-state index >= 15 is 0 Å². The van der Waals surface area contributed by atoms with Gasteiger partial charge in [0.15, 0.2) is 0 Å². The SMILES string of the molecule is CCC1CCC(Nc2snc(C)c2C#N)C1C. The average molecular weight is 249 g/mol. The van der Waals surface area contributed by atoms with Gasteiger partial charge in [-0.25, -0.2) is 0 Å². The second kappa shape index (κ2) is 5.05. The molecule has 1 aromatic rings. The van der Waals surface area contributed by atoms with Crippen LogP contribution in [-0.2, 0) is 0 Å². The van der Waals surface area contributed by atoms with Gasteiger partial charge in [0.25, 0.3) is 0 Å². The Balaban J connectivity index is 2.09. The first-order valence-electron chi connectivity index (χ1n) is 6.30. The van der Waals surface area contributed by atoms with Crippen LogP contribution >= 0.6 is 11.5 Å². The number of nitrogens with one attached hydrogen (secondary N) is 1. The first-order chi connectivity index (χ1) is 8.17. The number of nitrogens with zero attached hydrogens (tertiary/aromatic N) is 2. The lowest BCUT2D eigenvalue weighted by Crippen LogP contribution is -2.24. The third kappa shape index (κ3) is 2.30. The lowest BCUT2D eigenvalue weighted by molar-refractivity contribution is 0.392. The average Bonchev–Trinajstić information content (AvgIpc) is 2.84. The fraction of sp³-hybridized carbons (Fsp3) is 0.692. The van der Waals surface area contributed by atoms with Crippen molar-refractivity contribution < 1.29 is 0 Å². The molecule has 1 N–H and O–H groups in total. The van der Waals surface area contributed by atoms with E-state index in [1.807, 2.05) is 6.92 Å². The van der Waals surface area contributed by atoms with Crippen LogP contribution in [-0.4, -0.2) is 10.4 Å². The number of aryl methyl sites for hydroxylation is 1. The molecular formula is C13H19N3S. The predicted octanol–water partition coefficient (Wildman–Crippen LogP) is 3.56. The highest BCUT2D eigenvalue weighted by Crippen LogP contribution is 2.37. The van der Waals surface area contributed by atoms with Gasteiger partial charge in [-0.2, -0.15) is 9.64 Å². The molecule has 0 aromatic carbocycles. The molecule has 1 fully saturated rings. The van der Waals surface area contributed by atoms with Crippen LogP contribution < -0.4 is 5.32 Å². The Hall–Kier alpha value is -1.08. The zero-order valence-electron chi connectivity index (χ0n) is 10.7. The van der Waals surface area contributed by atoms with Crippen molar-refractivity contribution in [2.45, 2.75) is 46.1 Å². The summed E-state index contributed by atoms with van der Waals surface area (Å²) in [5.41, 5.74) is 1.57. The van der Waals surface area contributed by atoms with E-state index in [4.69, 9.17) is 5.26 Å². The fourth-order valence-electron chi connectivity index (χ4n) is 2.80. The standard InChI is InChI=1S/C13H19N3S/c1-4-10-5-6-12(8(10)2)15-13-11(7-14)9(3)16-17-13/h8,10,12,15H,4-6H2,1-3H3. The highest BCUT2D eigenvalue weighted by Gasteiger charge is 2.32. The van der Waals surface area contributed by atoms with Gasteiger partial charge >= 0.3 is 0 Å². The maximum absolute atomic E-state index is 9.10. The third-order valence-electron chi connectivity index (χ3n) is 4.04. The molecule has 1 aliphatic rings. The molecule has 4 heteroatoms. The monoisotopic (exact) mass is 249 g/mol. The molecule has 3 atom stereocenters. The molecule has 0 radical (unpaired) electrons. The van der Waals surface area contributed by atoms with Crippen LogP contribution in [0.2, 0.25) is 0 Å². The molecule has 3 nitrogen and oxygen atoms in total. The van der Waals surface area contributed by atoms with E-state index < -0.39 is 0 Å². The van der Waals surface area contributed by atoms with E-state index in [2.05, 4.69) is 29.6 Å². The summed E-state index contributed by atoms with van der Waals surface area (Å²) in [5, 5.41) is 13.6. The normalized spacial score (nSPS) is 28.0. The molecular weight excluding hydrogens is 230 g/mol. The number of rotatable bonds is 3. The van der Waals surface area contributed by atoms with Gasteiger partial charge in [0, 0.05) is 6.04 Å². The molecule has 0 spiro atoms. The van der Waals surface area contributed by atoms with Gasteiger partial charge in [0.2, 0.25) is 0 Å². The van der Waals surface area contributed by atoms with Crippen LogP contribution in [0.15, 0.2) is 0 Å². The van der Waals surface area contributed by atoms with Crippen LogP contribution in [0.1, 0.15) is 44.4 Å². The van der Waals surface area contributed by atoms with Crippen molar-refractivity contribution >= 4 is 16.5 Å². The maximum Gasteiger partial charge on any atom is 0.127 e. The van der Waals surface area contributed by atoms with Crippen molar-refractivity contribution in [1.82, 2.24) is 4.37 Å². The Kier molecular flexibility index (Phi) is 3.68. The van der Waals surface area contributed by atoms with Gasteiger partial charge in [0.05, 0.1) is 5.69 Å². The summed E-state index contributed by atoms with van der Waals surface area (Å²) < 4.78 is 4.25. The summed E-state index contributed by atoms with van der Waals surface area (Å²) in [6.45, 7) is 6.48. The van der Waals surface area contributed by atoms with Crippen LogP contribution in [0.5, 0.6) is 0 Å². The molecule has 1 aliphatic carbocycles. The number of hydrogen-bond donors (Lipinski definition) is 1. The van der Waals surface area contributed by atoms with Crippen molar-refractivity contribution in [1.29, 1.82) is 5.26 Å². The lowest BCUT2D eigenvalue weighted by atomic mass is 9.93. The molecule has 1 aromatic heterocycles. The second-order valence-corrected chi connectivity index (χ2v) is 5.71. The molecule has 0 saturated heterocycles. The first kappa shape index (κ1) is 12.4. The van der Waals surface area contributed by atoms with Gasteiger partial charge < -0.3 is 5.32 Å². The fourth-order valence-corrected chi connectivity index (χ4v) is 3.60. The minimum atomic E-state index is 0.506. The molecule has 92 valence electrons. The molecule has 0 bridgehead atoms. The zero-order chi connectivity index (χ0) is 12.4. The van der Waals surface area contributed by atoms with Gasteiger partial charge in [-0.15, -0.1) is 0 Å². The summed E-state index contributed by atoms with van der Waals surface area (Å²) in [7, 11) is 0. The van der Waals surface area contributed by atoms with E-state index in [-0.39, 0.29) is 0 Å². The van der Waals surface area contributed by atoms with Crippen molar-refractivity contribution in [3.63, 3.8) is 0 Å². The quantitative estimate of drug-likeness (QED) is 0.891. The Labute approximate surface area is 107 Å². The summed E-state index contributed by atoms with van der Waals surface area (Å²) >= 11 is 1.41. The van der Waals surface area contributed by atoms with Gasteiger partial charge in [-0.05, 0) is 43.1 Å². The van der Waals surface area contributed by atoms with Crippen molar-refractivity contribution in [2.75, 3.05) is 5.32 Å². The molecule has 1 heterocycles. The number of nitriles is 1. The van der Waals surface area contributed by atoms with E-state index in [9.17, 15) is 0 Å². The highest BCUT2D eigenvalue weighted by atomic mass is 32.1. The van der Waals surface area contributed by atoms with Gasteiger partial charge in [-0.1, -0.05) is 20.3 Å². The van der Waals surface area contributed by atoms with Gasteiger partial charge in [0.1, 0.15) is 16.6 Å². The van der Waals surface area contributed by atoms with E-state index in [1.54, 1.807) is 0 Å². The summed E-state index contributed by atoms with van der Waals surface area (Å²) in [6.07, 6.45) is 3.77. The summed E-state index contributed by atoms with van der Waals surface area (Å²) in [4.78, 5) is 0. The van der Waals surface area contributed by atoms with Crippen LogP contribution in [0.25, 0.3) is 0 Å². The molecule has 0 aliphatic heterocycles. The largest absolute Gasteiger partial charge is 0.372 e. The predicted molar refractivity (Wildman–Crippen MR) is 71.2 cm³/mol. The molecule has 3 unspecified atom stereocenters. The molecule has 1 saturated carbocycles. The van der Waals surface area contributed by atoms with E-state index in [1.165, 1.54) is 30.8 Å². The number of hydrogen-bond acceptors (Lipinski definition) is 4. The Morgan fingerprint density at radius 3 is 2.88 bits per heavy atom. The minimum absolute atomic E-state index is 0.506. The molecule has 2 rings (SSSR count). The Morgan fingerprint density at radius 2 is 2.29 bits per heavy atom. The Bertz CT molecular complexity index is 432. The molecule has 17 heavy (non-hydrogen) atoms. The summed E-state index contributed by atoms with van der Waals surface area (Å²) in [5.74, 6) is 1.51. The second-order valence-electron chi connectivity index (χ2n) is 4.94. The number of anilines is 1. The van der Waals surface area contributed by atoms with Crippen LogP contribution in [0, 0.1) is 30.1 Å². The first-order valence-corrected chi connectivity index (χ1v) is 7.07. The smallest absolute Gasteiger partial charge is 0.127 e. The Morgan fingerprint density at radius 1 is 1.53 bits per heavy atom. The van der Waals surface area contributed by atoms with Crippen LogP contribution in [0.4, 0.5) is 5.00 Å². The number of aromatic nitrogens is 1. The lowest BCUT2D eigenvalue weighted by Gasteiger charge is -2.21. The van der Waals surface area contributed by atoms with E-state index in [0.717, 1.165) is 22.2 Å². The maximum atomic E-state index is 9.10. The zero-order valence-corrected chi connectivity index (χ0v) is 11.5. The van der Waals surface area contributed by atoms with Crippen molar-refractivity contribution in [3.8, 4) is 6.07 Å². The van der Waals surface area contributed by atoms with Crippen LogP contribution in [0.3, 0.4) is 0 Å². The topological polar surface area (TPSA) is 48.7 Å². The highest BCUT2D eigenvalue weighted by molar-refractivity contribution is 7.10. The minimum Gasteiger partial charge on any atom is -0.372 e. The molecule has 0 amide bonds. The summed E-state index contributed by atoms with van der Waals surface area (Å²) in [6, 6.07) is 2.75. The third-order valence-corrected chi connectivity index (χ3v) is 4.91. The van der Waals surface area contributed by atoms with E-state index in [0.29, 0.717) is 12.0 Å². The van der Waals surface area contributed by atoms with Crippen molar-refractivity contribution in [2.24, 2.45) is 11.8 Å².